The number of nitrogens with zero attached hydrogens (tertiary/aromatic N) is 2. The van der Waals surface area contributed by atoms with Crippen LogP contribution < -0.4 is 9.46 Å². The van der Waals surface area contributed by atoms with Crippen LogP contribution in [-0.2, 0) is 14.8 Å². The molecule has 1 aliphatic heterocycles. The molecular formula is C16H24ClN3O4S. The Kier molecular flexibility index (Phi) is 6.67. The molecule has 0 aromatic heterocycles. The number of ether oxygens (including phenoxy) is 1. The maximum absolute atomic E-state index is 12.5. The third kappa shape index (κ3) is 4.84. The monoisotopic (exact) mass is 389 g/mol. The molecule has 0 saturated carbocycles. The van der Waals surface area contributed by atoms with Gasteiger partial charge in [0, 0.05) is 26.2 Å². The van der Waals surface area contributed by atoms with Crippen molar-refractivity contribution in [1.82, 2.24) is 14.5 Å². The number of halogens is 1. The highest BCUT2D eigenvalue weighted by atomic mass is 35.5. The lowest BCUT2D eigenvalue weighted by atomic mass is 10.2. The maximum atomic E-state index is 12.5. The van der Waals surface area contributed by atoms with Crippen LogP contribution in [0.2, 0.25) is 5.02 Å². The number of carbonyl (C=O) groups is 1. The van der Waals surface area contributed by atoms with Crippen molar-refractivity contribution in [1.29, 1.82) is 0 Å². The highest BCUT2D eigenvalue weighted by Crippen LogP contribution is 2.27. The molecule has 7 nitrogen and oxygen atoms in total. The van der Waals surface area contributed by atoms with E-state index in [2.05, 4.69) is 16.5 Å². The average Bonchev–Trinajstić information content (AvgIpc) is 2.60. The number of rotatable bonds is 6. The predicted octanol–water partition coefficient (Wildman–Crippen LogP) is 1.18. The second-order valence-electron chi connectivity index (χ2n) is 5.90. The van der Waals surface area contributed by atoms with Gasteiger partial charge in [-0.25, -0.2) is 8.42 Å². The molecule has 1 aromatic rings. The van der Waals surface area contributed by atoms with Gasteiger partial charge in [0.05, 0.1) is 23.1 Å². The van der Waals surface area contributed by atoms with Gasteiger partial charge in [0.1, 0.15) is 5.75 Å². The van der Waals surface area contributed by atoms with E-state index in [1.54, 1.807) is 11.8 Å². The summed E-state index contributed by atoms with van der Waals surface area (Å²) in [6.07, 6.45) is 0. The van der Waals surface area contributed by atoms with Crippen LogP contribution in [-0.4, -0.2) is 70.0 Å². The Morgan fingerprint density at radius 1 is 1.32 bits per heavy atom. The Hall–Kier alpha value is -1.35. The fraction of sp³-hybridized carbons (Fsp3) is 0.562. The normalized spacial score (nSPS) is 17.4. The van der Waals surface area contributed by atoms with Crippen LogP contribution in [0.5, 0.6) is 5.75 Å². The van der Waals surface area contributed by atoms with Gasteiger partial charge in [-0.2, -0.15) is 4.72 Å². The van der Waals surface area contributed by atoms with Gasteiger partial charge in [-0.15, -0.1) is 0 Å². The first kappa shape index (κ1) is 20.0. The van der Waals surface area contributed by atoms with Crippen LogP contribution >= 0.6 is 11.6 Å². The molecule has 0 aliphatic carbocycles. The molecule has 1 atom stereocenters. The van der Waals surface area contributed by atoms with Crippen molar-refractivity contribution in [2.24, 2.45) is 0 Å². The van der Waals surface area contributed by atoms with E-state index in [0.717, 1.165) is 19.6 Å². The highest BCUT2D eigenvalue weighted by Gasteiger charge is 2.28. The van der Waals surface area contributed by atoms with E-state index in [1.165, 1.54) is 25.3 Å². The molecule has 1 fully saturated rings. The predicted molar refractivity (Wildman–Crippen MR) is 96.5 cm³/mol. The largest absolute Gasteiger partial charge is 0.495 e. The first-order chi connectivity index (χ1) is 11.8. The Bertz CT molecular complexity index is 718. The molecule has 0 radical (unpaired) electrons. The topological polar surface area (TPSA) is 79.0 Å². The zero-order valence-electron chi connectivity index (χ0n) is 14.7. The Balaban J connectivity index is 2.04. The fourth-order valence-electron chi connectivity index (χ4n) is 2.72. The van der Waals surface area contributed by atoms with Crippen molar-refractivity contribution in [2.75, 3.05) is 39.8 Å². The number of hydrogen-bond acceptors (Lipinski definition) is 5. The van der Waals surface area contributed by atoms with Gasteiger partial charge in [0.15, 0.2) is 0 Å². The summed E-state index contributed by atoms with van der Waals surface area (Å²) >= 11 is 5.99. The van der Waals surface area contributed by atoms with Gasteiger partial charge in [0.2, 0.25) is 15.9 Å². The summed E-state index contributed by atoms with van der Waals surface area (Å²) in [5.74, 6) is 0.164. The first-order valence-electron chi connectivity index (χ1n) is 8.15. The molecule has 0 spiro atoms. The summed E-state index contributed by atoms with van der Waals surface area (Å²) in [5.41, 5.74) is 0. The third-order valence-electron chi connectivity index (χ3n) is 4.27. The molecule has 1 aromatic carbocycles. The maximum Gasteiger partial charge on any atom is 0.241 e. The number of hydrogen-bond donors (Lipinski definition) is 1. The summed E-state index contributed by atoms with van der Waals surface area (Å²) < 4.78 is 32.4. The molecule has 25 heavy (non-hydrogen) atoms. The summed E-state index contributed by atoms with van der Waals surface area (Å²) in [4.78, 5) is 16.4. The number of amides is 1. The van der Waals surface area contributed by atoms with Gasteiger partial charge in [-0.1, -0.05) is 18.5 Å². The van der Waals surface area contributed by atoms with Gasteiger partial charge in [-0.05, 0) is 31.7 Å². The number of methoxy groups -OCH3 is 1. The van der Waals surface area contributed by atoms with Crippen molar-refractivity contribution < 1.29 is 17.9 Å². The van der Waals surface area contributed by atoms with E-state index in [0.29, 0.717) is 18.8 Å². The third-order valence-corrected chi connectivity index (χ3v) is 6.10. The lowest BCUT2D eigenvalue weighted by Crippen LogP contribution is -2.54. The zero-order valence-corrected chi connectivity index (χ0v) is 16.2. The molecule has 1 N–H and O–H groups in total. The molecule has 1 aliphatic rings. The van der Waals surface area contributed by atoms with Crippen LogP contribution in [0.4, 0.5) is 0 Å². The molecule has 1 saturated heterocycles. The van der Waals surface area contributed by atoms with Gasteiger partial charge >= 0.3 is 0 Å². The summed E-state index contributed by atoms with van der Waals surface area (Å²) in [7, 11) is -2.40. The van der Waals surface area contributed by atoms with E-state index in [9.17, 15) is 13.2 Å². The van der Waals surface area contributed by atoms with Gasteiger partial charge < -0.3 is 14.5 Å². The van der Waals surface area contributed by atoms with E-state index in [-0.39, 0.29) is 15.8 Å². The van der Waals surface area contributed by atoms with Crippen LogP contribution in [0.3, 0.4) is 0 Å². The molecule has 2 rings (SSSR count). The standard InChI is InChI=1S/C16H24ClN3O4S/c1-4-19-7-9-20(10-8-19)16(21)12(2)18-25(22,23)13-5-6-15(24-3)14(17)11-13/h5-6,11-12,18H,4,7-10H2,1-3H3/t12-/m0/s1. The number of sulfonamides is 1. The zero-order chi connectivity index (χ0) is 18.6. The van der Waals surface area contributed by atoms with E-state index in [4.69, 9.17) is 16.3 Å². The summed E-state index contributed by atoms with van der Waals surface area (Å²) in [5, 5.41) is 0.194. The molecular weight excluding hydrogens is 366 g/mol. The minimum atomic E-state index is -3.85. The number of carbonyl (C=O) groups excluding carboxylic acids is 1. The number of benzene rings is 1. The summed E-state index contributed by atoms with van der Waals surface area (Å²) in [6.45, 7) is 7.39. The summed E-state index contributed by atoms with van der Waals surface area (Å²) in [6, 6.07) is 3.33. The number of piperazine rings is 1. The van der Waals surface area contributed by atoms with Crippen LogP contribution in [0.15, 0.2) is 23.1 Å². The average molecular weight is 390 g/mol. The van der Waals surface area contributed by atoms with E-state index in [1.807, 2.05) is 0 Å². The second kappa shape index (κ2) is 8.35. The Morgan fingerprint density at radius 2 is 1.96 bits per heavy atom. The first-order valence-corrected chi connectivity index (χ1v) is 10.0. The molecule has 9 heteroatoms. The lowest BCUT2D eigenvalue weighted by molar-refractivity contribution is -0.134. The van der Waals surface area contributed by atoms with Crippen molar-refractivity contribution in [2.45, 2.75) is 24.8 Å². The van der Waals surface area contributed by atoms with E-state index < -0.39 is 16.1 Å². The lowest BCUT2D eigenvalue weighted by Gasteiger charge is -2.35. The Morgan fingerprint density at radius 3 is 2.48 bits per heavy atom. The molecule has 1 amide bonds. The minimum Gasteiger partial charge on any atom is -0.495 e. The van der Waals surface area contributed by atoms with E-state index >= 15 is 0 Å². The Labute approximate surface area is 153 Å². The quantitative estimate of drug-likeness (QED) is 0.790. The van der Waals surface area contributed by atoms with Crippen molar-refractivity contribution in [3.63, 3.8) is 0 Å². The second-order valence-corrected chi connectivity index (χ2v) is 8.02. The van der Waals surface area contributed by atoms with Gasteiger partial charge in [0.25, 0.3) is 0 Å². The highest BCUT2D eigenvalue weighted by molar-refractivity contribution is 7.89. The van der Waals surface area contributed by atoms with Crippen molar-refractivity contribution >= 4 is 27.5 Å². The molecule has 0 bridgehead atoms. The van der Waals surface area contributed by atoms with Crippen LogP contribution in [0.1, 0.15) is 13.8 Å². The number of nitrogens with one attached hydrogen (secondary N) is 1. The van der Waals surface area contributed by atoms with Crippen LogP contribution in [0.25, 0.3) is 0 Å². The fourth-order valence-corrected chi connectivity index (χ4v) is 4.27. The SMILES string of the molecule is CCN1CCN(C(=O)[C@H](C)NS(=O)(=O)c2ccc(OC)c(Cl)c2)CC1. The molecule has 140 valence electrons. The molecule has 1 heterocycles. The smallest absolute Gasteiger partial charge is 0.241 e. The molecule has 0 unspecified atom stereocenters. The van der Waals surface area contributed by atoms with Crippen LogP contribution in [0, 0.1) is 0 Å². The van der Waals surface area contributed by atoms with Gasteiger partial charge in [-0.3, -0.25) is 4.79 Å². The minimum absolute atomic E-state index is 0.00578. The van der Waals surface area contributed by atoms with Crippen molar-refractivity contribution in [3.05, 3.63) is 23.2 Å². The number of likely N-dealkylation sites (N-methyl/N-ethyl adjacent to an activating group) is 1. The van der Waals surface area contributed by atoms with Crippen molar-refractivity contribution in [3.8, 4) is 5.75 Å².